The highest BCUT2D eigenvalue weighted by Crippen LogP contribution is 2.32. The molecule has 0 aromatic carbocycles. The molecule has 1 atom stereocenters. The van der Waals surface area contributed by atoms with Crippen LogP contribution in [0.4, 0.5) is 5.82 Å². The van der Waals surface area contributed by atoms with Crippen molar-refractivity contribution in [2.45, 2.75) is 34.1 Å². The molecular formula is C15H22N4O. The molecule has 0 fully saturated rings. The number of amides is 1. The van der Waals surface area contributed by atoms with Crippen LogP contribution in [0.5, 0.6) is 0 Å². The van der Waals surface area contributed by atoms with Gasteiger partial charge in [0.1, 0.15) is 0 Å². The smallest absolute Gasteiger partial charge is 0.257 e. The maximum Gasteiger partial charge on any atom is 0.257 e. The summed E-state index contributed by atoms with van der Waals surface area (Å²) < 4.78 is 0. The molecule has 1 aliphatic rings. The number of hydrogen-bond acceptors (Lipinski definition) is 4. The number of aromatic nitrogens is 1. The summed E-state index contributed by atoms with van der Waals surface area (Å²) in [4.78, 5) is 16.8. The van der Waals surface area contributed by atoms with Crippen molar-refractivity contribution in [3.63, 3.8) is 0 Å². The summed E-state index contributed by atoms with van der Waals surface area (Å²) in [5.74, 6) is 0.317. The van der Waals surface area contributed by atoms with Crippen LogP contribution in [0.15, 0.2) is 23.4 Å². The Morgan fingerprint density at radius 2 is 2.10 bits per heavy atom. The van der Waals surface area contributed by atoms with Gasteiger partial charge >= 0.3 is 0 Å². The van der Waals surface area contributed by atoms with Crippen LogP contribution in [-0.2, 0) is 4.79 Å². The van der Waals surface area contributed by atoms with Gasteiger partial charge in [-0.2, -0.15) is 10.1 Å². The fraction of sp³-hybridized carbons (Fsp3) is 0.533. The van der Waals surface area contributed by atoms with Gasteiger partial charge < -0.3 is 5.73 Å². The summed E-state index contributed by atoms with van der Waals surface area (Å²) >= 11 is 0. The first-order valence-electron chi connectivity index (χ1n) is 6.90. The molecular weight excluding hydrogens is 252 g/mol. The van der Waals surface area contributed by atoms with Crippen molar-refractivity contribution in [2.24, 2.45) is 22.2 Å². The number of pyridine rings is 1. The second-order valence-electron chi connectivity index (χ2n) is 6.21. The molecule has 0 spiro atoms. The number of anilines is 1. The van der Waals surface area contributed by atoms with E-state index in [9.17, 15) is 4.79 Å². The highest BCUT2D eigenvalue weighted by atomic mass is 16.2. The summed E-state index contributed by atoms with van der Waals surface area (Å²) in [5, 5.41) is 5.96. The molecule has 2 rings (SSSR count). The third kappa shape index (κ3) is 2.72. The molecule has 1 amide bonds. The van der Waals surface area contributed by atoms with E-state index in [4.69, 9.17) is 5.73 Å². The number of hydrazone groups is 1. The lowest BCUT2D eigenvalue weighted by atomic mass is 9.81. The van der Waals surface area contributed by atoms with E-state index in [0.717, 1.165) is 11.3 Å². The van der Waals surface area contributed by atoms with Crippen molar-refractivity contribution in [1.82, 2.24) is 4.98 Å². The minimum Gasteiger partial charge on any atom is -0.330 e. The van der Waals surface area contributed by atoms with E-state index in [1.807, 2.05) is 19.1 Å². The molecule has 20 heavy (non-hydrogen) atoms. The van der Waals surface area contributed by atoms with Gasteiger partial charge in [0.05, 0.1) is 11.6 Å². The molecule has 1 aromatic heterocycles. The molecule has 0 saturated carbocycles. The van der Waals surface area contributed by atoms with Gasteiger partial charge in [-0.15, -0.1) is 0 Å². The number of aryl methyl sites for hydroxylation is 1. The normalized spacial score (nSPS) is 19.4. The SMILES string of the molecule is Cc1ccnc(N2N=C(C(C)(C)C)C(CCN)C2=O)c1. The van der Waals surface area contributed by atoms with E-state index in [0.29, 0.717) is 18.8 Å². The van der Waals surface area contributed by atoms with Crippen molar-refractivity contribution in [1.29, 1.82) is 0 Å². The number of rotatable bonds is 3. The lowest BCUT2D eigenvalue weighted by molar-refractivity contribution is -0.120. The van der Waals surface area contributed by atoms with Gasteiger partial charge in [-0.1, -0.05) is 20.8 Å². The predicted octanol–water partition coefficient (Wildman–Crippen LogP) is 2.10. The van der Waals surface area contributed by atoms with Crippen LogP contribution in [0.1, 0.15) is 32.8 Å². The zero-order valence-electron chi connectivity index (χ0n) is 12.6. The van der Waals surface area contributed by atoms with Crippen molar-refractivity contribution in [2.75, 3.05) is 11.6 Å². The first-order chi connectivity index (χ1) is 9.34. The van der Waals surface area contributed by atoms with Gasteiger partial charge in [-0.05, 0) is 37.6 Å². The van der Waals surface area contributed by atoms with Gasteiger partial charge in [0.25, 0.3) is 5.91 Å². The number of carbonyl (C=O) groups is 1. The molecule has 0 bridgehead atoms. The molecule has 1 aromatic rings. The molecule has 2 N–H and O–H groups in total. The van der Waals surface area contributed by atoms with Gasteiger partial charge in [-0.25, -0.2) is 4.98 Å². The molecule has 108 valence electrons. The highest BCUT2D eigenvalue weighted by Gasteiger charge is 2.41. The van der Waals surface area contributed by atoms with Gasteiger partial charge in [0.2, 0.25) is 0 Å². The number of hydrogen-bond donors (Lipinski definition) is 1. The predicted molar refractivity (Wildman–Crippen MR) is 80.5 cm³/mol. The minimum atomic E-state index is -0.234. The van der Waals surface area contributed by atoms with Crippen LogP contribution in [0.3, 0.4) is 0 Å². The fourth-order valence-corrected chi connectivity index (χ4v) is 2.39. The van der Waals surface area contributed by atoms with Crippen molar-refractivity contribution < 1.29 is 4.79 Å². The molecule has 1 aliphatic heterocycles. The zero-order valence-corrected chi connectivity index (χ0v) is 12.6. The summed E-state index contributed by atoms with van der Waals surface area (Å²) in [7, 11) is 0. The van der Waals surface area contributed by atoms with E-state index >= 15 is 0 Å². The standard InChI is InChI=1S/C15H22N4O/c1-10-6-8-17-12(9-10)19-14(20)11(5-7-16)13(18-19)15(2,3)4/h6,8-9,11H,5,7,16H2,1-4H3. The van der Waals surface area contributed by atoms with Gasteiger partial charge in [-0.3, -0.25) is 4.79 Å². The topological polar surface area (TPSA) is 71.6 Å². The number of carbonyl (C=O) groups excluding carboxylic acids is 1. The second kappa shape index (κ2) is 5.32. The Hall–Kier alpha value is -1.75. The highest BCUT2D eigenvalue weighted by molar-refractivity contribution is 6.16. The average molecular weight is 274 g/mol. The summed E-state index contributed by atoms with van der Waals surface area (Å²) in [5.41, 5.74) is 7.42. The largest absolute Gasteiger partial charge is 0.330 e. The van der Waals surface area contributed by atoms with E-state index in [-0.39, 0.29) is 17.2 Å². The molecule has 5 nitrogen and oxygen atoms in total. The average Bonchev–Trinajstić information content (AvgIpc) is 2.68. The molecule has 0 saturated heterocycles. The van der Waals surface area contributed by atoms with E-state index in [1.54, 1.807) is 6.20 Å². The fourth-order valence-electron chi connectivity index (χ4n) is 2.39. The lowest BCUT2D eigenvalue weighted by Crippen LogP contribution is -2.33. The van der Waals surface area contributed by atoms with E-state index in [2.05, 4.69) is 30.9 Å². The molecule has 5 heteroatoms. The molecule has 1 unspecified atom stereocenters. The van der Waals surface area contributed by atoms with Crippen molar-refractivity contribution in [3.8, 4) is 0 Å². The van der Waals surface area contributed by atoms with Crippen molar-refractivity contribution in [3.05, 3.63) is 23.9 Å². The first-order valence-corrected chi connectivity index (χ1v) is 6.90. The Morgan fingerprint density at radius 1 is 1.40 bits per heavy atom. The quantitative estimate of drug-likeness (QED) is 0.917. The zero-order chi connectivity index (χ0) is 14.9. The Kier molecular flexibility index (Phi) is 3.90. The monoisotopic (exact) mass is 274 g/mol. The van der Waals surface area contributed by atoms with E-state index < -0.39 is 0 Å². The molecule has 2 heterocycles. The van der Waals surface area contributed by atoms with Gasteiger partial charge in [0.15, 0.2) is 5.82 Å². The van der Waals surface area contributed by atoms with Crippen LogP contribution in [0.2, 0.25) is 0 Å². The minimum absolute atomic E-state index is 0.0292. The summed E-state index contributed by atoms with van der Waals surface area (Å²) in [6.45, 7) is 8.64. The summed E-state index contributed by atoms with van der Waals surface area (Å²) in [6, 6.07) is 3.77. The maximum absolute atomic E-state index is 12.6. The van der Waals surface area contributed by atoms with Crippen LogP contribution >= 0.6 is 0 Å². The number of nitrogens with zero attached hydrogens (tertiary/aromatic N) is 3. The third-order valence-corrected chi connectivity index (χ3v) is 3.39. The number of nitrogens with two attached hydrogens (primary N) is 1. The first kappa shape index (κ1) is 14.7. The summed E-state index contributed by atoms with van der Waals surface area (Å²) in [6.07, 6.45) is 2.32. The Balaban J connectivity index is 2.41. The molecule has 0 aliphatic carbocycles. The van der Waals surface area contributed by atoms with Crippen LogP contribution in [0, 0.1) is 18.3 Å². The second-order valence-corrected chi connectivity index (χ2v) is 6.21. The van der Waals surface area contributed by atoms with E-state index in [1.165, 1.54) is 5.01 Å². The van der Waals surface area contributed by atoms with Crippen LogP contribution in [-0.4, -0.2) is 23.1 Å². The Morgan fingerprint density at radius 3 is 2.65 bits per heavy atom. The van der Waals surface area contributed by atoms with Crippen LogP contribution in [0.25, 0.3) is 0 Å². The molecule has 0 radical (unpaired) electrons. The maximum atomic E-state index is 12.6. The van der Waals surface area contributed by atoms with Gasteiger partial charge in [0, 0.05) is 11.6 Å². The van der Waals surface area contributed by atoms with Crippen molar-refractivity contribution >= 4 is 17.4 Å². The Labute approximate surface area is 119 Å². The third-order valence-electron chi connectivity index (χ3n) is 3.39. The van der Waals surface area contributed by atoms with Crippen LogP contribution < -0.4 is 10.7 Å². The lowest BCUT2D eigenvalue weighted by Gasteiger charge is -2.21. The Bertz CT molecular complexity index is 545.